The fraction of sp³-hybridized carbons (Fsp3) is 0.533. The fourth-order valence-corrected chi connectivity index (χ4v) is 2.62. The normalized spacial score (nSPS) is 22.4. The van der Waals surface area contributed by atoms with Crippen LogP contribution < -0.4 is 15.4 Å². The summed E-state index contributed by atoms with van der Waals surface area (Å²) in [6.07, 6.45) is -0.0271. The largest absolute Gasteiger partial charge is 0.489 e. The summed E-state index contributed by atoms with van der Waals surface area (Å²) in [6.45, 7) is 3.56. The van der Waals surface area contributed by atoms with Gasteiger partial charge in [-0.1, -0.05) is 29.3 Å². The topological polar surface area (TPSA) is 70.6 Å². The van der Waals surface area contributed by atoms with Crippen LogP contribution >= 0.6 is 23.2 Å². The lowest BCUT2D eigenvalue weighted by Gasteiger charge is -2.22. The minimum Gasteiger partial charge on any atom is -0.489 e. The van der Waals surface area contributed by atoms with Crippen LogP contribution in [0.25, 0.3) is 0 Å². The fourth-order valence-electron chi connectivity index (χ4n) is 2.28. The van der Waals surface area contributed by atoms with E-state index in [1.165, 1.54) is 0 Å². The van der Waals surface area contributed by atoms with Crippen LogP contribution in [0.1, 0.15) is 13.3 Å². The van der Waals surface area contributed by atoms with Crippen LogP contribution in [-0.2, 0) is 4.79 Å². The lowest BCUT2D eigenvalue weighted by Crippen LogP contribution is -2.44. The molecule has 1 aromatic rings. The maximum Gasteiger partial charge on any atom is 0.227 e. The van der Waals surface area contributed by atoms with Crippen molar-refractivity contribution in [2.24, 2.45) is 5.41 Å². The van der Waals surface area contributed by atoms with Gasteiger partial charge in [-0.15, -0.1) is 0 Å². The molecule has 0 spiro atoms. The van der Waals surface area contributed by atoms with E-state index >= 15 is 0 Å². The van der Waals surface area contributed by atoms with Gasteiger partial charge in [0.15, 0.2) is 0 Å². The number of hydrogen-bond donors (Lipinski definition) is 3. The number of halogens is 2. The minimum atomic E-state index is -0.822. The van der Waals surface area contributed by atoms with E-state index < -0.39 is 11.5 Å². The second-order valence-corrected chi connectivity index (χ2v) is 6.50. The van der Waals surface area contributed by atoms with Crippen LogP contribution in [0.3, 0.4) is 0 Å². The zero-order valence-electron chi connectivity index (χ0n) is 12.4. The summed E-state index contributed by atoms with van der Waals surface area (Å²) in [5.74, 6) is 0.351. The molecule has 0 bridgehead atoms. The van der Waals surface area contributed by atoms with Gasteiger partial charge in [0.25, 0.3) is 0 Å². The number of amides is 1. The summed E-state index contributed by atoms with van der Waals surface area (Å²) in [5.41, 5.74) is -0.406. The zero-order chi connectivity index (χ0) is 16.2. The average Bonchev–Trinajstić information content (AvgIpc) is 2.94. The molecule has 22 heavy (non-hydrogen) atoms. The number of aliphatic hydroxyl groups is 1. The molecule has 2 atom stereocenters. The molecule has 1 aliphatic rings. The van der Waals surface area contributed by atoms with E-state index in [2.05, 4.69) is 10.6 Å². The highest BCUT2D eigenvalue weighted by molar-refractivity contribution is 6.42. The quantitative estimate of drug-likeness (QED) is 0.735. The average molecular weight is 347 g/mol. The van der Waals surface area contributed by atoms with Gasteiger partial charge in [0.05, 0.1) is 10.4 Å². The first-order chi connectivity index (χ1) is 10.4. The van der Waals surface area contributed by atoms with Crippen LogP contribution in [-0.4, -0.2) is 43.4 Å². The van der Waals surface area contributed by atoms with Gasteiger partial charge in [-0.2, -0.15) is 0 Å². The molecule has 1 aliphatic heterocycles. The predicted octanol–water partition coefficient (Wildman–Crippen LogP) is 1.85. The molecule has 1 aromatic carbocycles. The SMILES string of the molecule is CC1(C(=O)NCC(O)COc2cccc(Cl)c2Cl)CCNC1. The van der Waals surface area contributed by atoms with Crippen molar-refractivity contribution in [3.8, 4) is 5.75 Å². The molecule has 3 N–H and O–H groups in total. The predicted molar refractivity (Wildman–Crippen MR) is 86.6 cm³/mol. The lowest BCUT2D eigenvalue weighted by atomic mass is 9.89. The smallest absolute Gasteiger partial charge is 0.227 e. The van der Waals surface area contributed by atoms with Crippen LogP contribution in [0.2, 0.25) is 10.0 Å². The summed E-state index contributed by atoms with van der Waals surface area (Å²) >= 11 is 11.9. The van der Waals surface area contributed by atoms with E-state index in [9.17, 15) is 9.90 Å². The van der Waals surface area contributed by atoms with Gasteiger partial charge < -0.3 is 20.5 Å². The molecule has 2 rings (SSSR count). The first-order valence-electron chi connectivity index (χ1n) is 7.16. The van der Waals surface area contributed by atoms with E-state index in [0.717, 1.165) is 13.0 Å². The Kier molecular flexibility index (Phi) is 5.92. The first kappa shape index (κ1) is 17.3. The number of rotatable bonds is 6. The Hall–Kier alpha value is -1.01. The molecular formula is C15H20Cl2N2O3. The van der Waals surface area contributed by atoms with Crippen LogP contribution in [0.4, 0.5) is 0 Å². The van der Waals surface area contributed by atoms with E-state index in [1.54, 1.807) is 18.2 Å². The lowest BCUT2D eigenvalue weighted by molar-refractivity contribution is -0.129. The van der Waals surface area contributed by atoms with Gasteiger partial charge in [0.2, 0.25) is 5.91 Å². The summed E-state index contributed by atoms with van der Waals surface area (Å²) in [6, 6.07) is 5.04. The highest BCUT2D eigenvalue weighted by Gasteiger charge is 2.36. The van der Waals surface area contributed by atoms with Gasteiger partial charge in [-0.3, -0.25) is 4.79 Å². The van der Waals surface area contributed by atoms with Gasteiger partial charge in [0.1, 0.15) is 23.5 Å². The Morgan fingerprint density at radius 3 is 3.00 bits per heavy atom. The van der Waals surface area contributed by atoms with Gasteiger partial charge in [-0.05, 0) is 32.0 Å². The van der Waals surface area contributed by atoms with Crippen molar-refractivity contribution in [3.63, 3.8) is 0 Å². The van der Waals surface area contributed by atoms with Crippen molar-refractivity contribution in [2.45, 2.75) is 19.4 Å². The number of benzene rings is 1. The maximum absolute atomic E-state index is 12.1. The molecular weight excluding hydrogens is 327 g/mol. The number of nitrogens with one attached hydrogen (secondary N) is 2. The summed E-state index contributed by atoms with van der Waals surface area (Å²) in [7, 11) is 0. The molecule has 5 nitrogen and oxygen atoms in total. The Morgan fingerprint density at radius 1 is 1.55 bits per heavy atom. The number of ether oxygens (including phenoxy) is 1. The molecule has 1 saturated heterocycles. The Labute approximate surface area is 139 Å². The van der Waals surface area contributed by atoms with Crippen molar-refractivity contribution in [1.82, 2.24) is 10.6 Å². The van der Waals surface area contributed by atoms with Gasteiger partial charge >= 0.3 is 0 Å². The summed E-state index contributed by atoms with van der Waals surface area (Å²) in [5, 5.41) is 16.5. The molecule has 7 heteroatoms. The third-order valence-corrected chi connectivity index (χ3v) is 4.56. The molecule has 0 aliphatic carbocycles. The Morgan fingerprint density at radius 2 is 2.32 bits per heavy atom. The zero-order valence-corrected chi connectivity index (χ0v) is 13.9. The van der Waals surface area contributed by atoms with Crippen molar-refractivity contribution in [1.29, 1.82) is 0 Å². The van der Waals surface area contributed by atoms with E-state index in [1.807, 2.05) is 6.92 Å². The third kappa shape index (κ3) is 4.26. The number of hydrogen-bond acceptors (Lipinski definition) is 4. The second-order valence-electron chi connectivity index (χ2n) is 5.71. The molecule has 0 saturated carbocycles. The molecule has 2 unspecified atom stereocenters. The maximum atomic E-state index is 12.1. The number of carbonyl (C=O) groups excluding carboxylic acids is 1. The first-order valence-corrected chi connectivity index (χ1v) is 7.92. The molecule has 1 fully saturated rings. The van der Waals surface area contributed by atoms with E-state index in [-0.39, 0.29) is 19.1 Å². The van der Waals surface area contributed by atoms with Crippen LogP contribution in [0.15, 0.2) is 18.2 Å². The standard InChI is InChI=1S/C15H20Cl2N2O3/c1-15(5-6-18-9-15)14(21)19-7-10(20)8-22-12-4-2-3-11(16)13(12)17/h2-4,10,18,20H,5-9H2,1H3,(H,19,21). The molecule has 0 radical (unpaired) electrons. The van der Waals surface area contributed by atoms with Crippen molar-refractivity contribution in [3.05, 3.63) is 28.2 Å². The van der Waals surface area contributed by atoms with Crippen molar-refractivity contribution < 1.29 is 14.6 Å². The van der Waals surface area contributed by atoms with Gasteiger partial charge in [0, 0.05) is 13.1 Å². The molecule has 1 amide bonds. The van der Waals surface area contributed by atoms with Crippen molar-refractivity contribution >= 4 is 29.1 Å². The molecule has 122 valence electrons. The number of carbonyl (C=O) groups is 1. The van der Waals surface area contributed by atoms with Crippen LogP contribution in [0, 0.1) is 5.41 Å². The van der Waals surface area contributed by atoms with E-state index in [4.69, 9.17) is 27.9 Å². The monoisotopic (exact) mass is 346 g/mol. The second kappa shape index (κ2) is 7.51. The minimum absolute atomic E-state index is 0.0231. The highest BCUT2D eigenvalue weighted by atomic mass is 35.5. The number of aliphatic hydroxyl groups excluding tert-OH is 1. The molecule has 1 heterocycles. The van der Waals surface area contributed by atoms with Crippen LogP contribution in [0.5, 0.6) is 5.75 Å². The van der Waals surface area contributed by atoms with E-state index in [0.29, 0.717) is 22.3 Å². The molecule has 0 aromatic heterocycles. The summed E-state index contributed by atoms with van der Waals surface area (Å²) in [4.78, 5) is 12.1. The Bertz CT molecular complexity index is 534. The summed E-state index contributed by atoms with van der Waals surface area (Å²) < 4.78 is 5.43. The third-order valence-electron chi connectivity index (χ3n) is 3.76. The van der Waals surface area contributed by atoms with Gasteiger partial charge in [-0.25, -0.2) is 0 Å². The van der Waals surface area contributed by atoms with Crippen molar-refractivity contribution in [2.75, 3.05) is 26.2 Å². The Balaban J connectivity index is 1.77. The highest BCUT2D eigenvalue weighted by Crippen LogP contribution is 2.31.